The quantitative estimate of drug-likeness (QED) is 0.804. The third-order valence-corrected chi connectivity index (χ3v) is 3.99. The summed E-state index contributed by atoms with van der Waals surface area (Å²) in [5.41, 5.74) is 7.18. The molecule has 0 atom stereocenters. The first-order chi connectivity index (χ1) is 6.84. The fourth-order valence-electron chi connectivity index (χ4n) is 1.92. The number of nitrogens with one attached hydrogen (secondary N) is 1. The van der Waals surface area contributed by atoms with E-state index in [1.807, 2.05) is 0 Å². The van der Waals surface area contributed by atoms with E-state index in [-0.39, 0.29) is 0 Å². The molecule has 14 heavy (non-hydrogen) atoms. The summed E-state index contributed by atoms with van der Waals surface area (Å²) in [7, 11) is 0. The van der Waals surface area contributed by atoms with Crippen LogP contribution in [0.2, 0.25) is 0 Å². The fraction of sp³-hybridized carbons (Fsp3) is 0.700. The number of rotatable bonds is 3. The lowest BCUT2D eigenvalue weighted by Crippen LogP contribution is -2.26. The van der Waals surface area contributed by atoms with Crippen LogP contribution in [0.3, 0.4) is 0 Å². The maximum absolute atomic E-state index is 5.88. The molecule has 0 amide bonds. The molecule has 0 bridgehead atoms. The lowest BCUT2D eigenvalue weighted by Gasteiger charge is -2.27. The van der Waals surface area contributed by atoms with Crippen molar-refractivity contribution < 1.29 is 0 Å². The van der Waals surface area contributed by atoms with Crippen LogP contribution in [0, 0.1) is 0 Å². The zero-order valence-electron chi connectivity index (χ0n) is 8.12. The van der Waals surface area contributed by atoms with Crippen LogP contribution >= 0.6 is 11.5 Å². The smallest absolute Gasteiger partial charge is 0.142 e. The number of nitrogen functional groups attached to an aromatic ring is 1. The lowest BCUT2D eigenvalue weighted by atomic mass is 9.93. The highest BCUT2D eigenvalue weighted by molar-refractivity contribution is 7.10. The van der Waals surface area contributed by atoms with Crippen molar-refractivity contribution in [1.82, 2.24) is 4.37 Å². The summed E-state index contributed by atoms with van der Waals surface area (Å²) in [6.07, 6.45) is 6.57. The maximum Gasteiger partial charge on any atom is 0.142 e. The number of nitrogens with two attached hydrogens (primary N) is 1. The van der Waals surface area contributed by atoms with Gasteiger partial charge in [-0.3, -0.25) is 0 Å². The Kier molecular flexibility index (Phi) is 1.90. The molecule has 3 rings (SSSR count). The molecule has 76 valence electrons. The molecular weight excluding hydrogens is 194 g/mol. The topological polar surface area (TPSA) is 50.9 Å². The molecule has 4 heteroatoms. The summed E-state index contributed by atoms with van der Waals surface area (Å²) in [5.74, 6) is 1.47. The highest BCUT2D eigenvalue weighted by Gasteiger charge is 2.31. The van der Waals surface area contributed by atoms with E-state index in [4.69, 9.17) is 5.73 Å². The van der Waals surface area contributed by atoms with Crippen molar-refractivity contribution in [2.75, 3.05) is 11.1 Å². The molecule has 2 fully saturated rings. The first-order valence-electron chi connectivity index (χ1n) is 5.36. The molecule has 2 aliphatic carbocycles. The number of aromatic nitrogens is 1. The van der Waals surface area contributed by atoms with Crippen molar-refractivity contribution in [2.24, 2.45) is 0 Å². The zero-order chi connectivity index (χ0) is 9.54. The van der Waals surface area contributed by atoms with Crippen LogP contribution in [0.1, 0.15) is 43.6 Å². The Bertz CT molecular complexity index is 339. The molecule has 0 aliphatic heterocycles. The number of anilines is 2. The molecule has 0 aromatic carbocycles. The van der Waals surface area contributed by atoms with Gasteiger partial charge >= 0.3 is 0 Å². The summed E-state index contributed by atoms with van der Waals surface area (Å²) in [6.45, 7) is 0. The third-order valence-electron chi connectivity index (χ3n) is 3.18. The van der Waals surface area contributed by atoms with Gasteiger partial charge in [-0.1, -0.05) is 0 Å². The van der Waals surface area contributed by atoms with E-state index >= 15 is 0 Å². The standard InChI is InChI=1S/C10H15N3S/c11-9-8(6-4-5-6)10(14-13-9)12-7-2-1-3-7/h6-7,12H,1-5H2,(H2,11,13). The molecule has 0 spiro atoms. The predicted octanol–water partition coefficient (Wildman–Crippen LogP) is 2.57. The Hall–Kier alpha value is -0.770. The van der Waals surface area contributed by atoms with Gasteiger partial charge in [0, 0.05) is 11.6 Å². The summed E-state index contributed by atoms with van der Waals surface area (Å²) >= 11 is 1.54. The van der Waals surface area contributed by atoms with Crippen LogP contribution in [0.25, 0.3) is 0 Å². The minimum Gasteiger partial charge on any atom is -0.383 e. The second-order valence-electron chi connectivity index (χ2n) is 4.36. The van der Waals surface area contributed by atoms with Gasteiger partial charge in [-0.05, 0) is 49.6 Å². The molecule has 1 aromatic heterocycles. The second-order valence-corrected chi connectivity index (χ2v) is 5.13. The molecule has 0 unspecified atom stereocenters. The van der Waals surface area contributed by atoms with Crippen molar-refractivity contribution in [3.63, 3.8) is 0 Å². The van der Waals surface area contributed by atoms with Gasteiger partial charge in [-0.2, -0.15) is 4.37 Å². The molecular formula is C10H15N3S. The second kappa shape index (κ2) is 3.12. The maximum atomic E-state index is 5.88. The van der Waals surface area contributed by atoms with E-state index in [9.17, 15) is 0 Å². The summed E-state index contributed by atoms with van der Waals surface area (Å²) in [6, 6.07) is 0.687. The van der Waals surface area contributed by atoms with Gasteiger partial charge in [0.25, 0.3) is 0 Å². The predicted molar refractivity (Wildman–Crippen MR) is 59.8 cm³/mol. The summed E-state index contributed by atoms with van der Waals surface area (Å²) < 4.78 is 4.25. The number of hydrogen-bond donors (Lipinski definition) is 2. The molecule has 2 saturated carbocycles. The van der Waals surface area contributed by atoms with Gasteiger partial charge < -0.3 is 11.1 Å². The highest BCUT2D eigenvalue weighted by atomic mass is 32.1. The van der Waals surface area contributed by atoms with Gasteiger partial charge in [-0.25, -0.2) is 0 Å². The van der Waals surface area contributed by atoms with E-state index in [0.717, 1.165) is 5.82 Å². The first kappa shape index (κ1) is 8.53. The molecule has 0 saturated heterocycles. The van der Waals surface area contributed by atoms with Crippen molar-refractivity contribution in [3.8, 4) is 0 Å². The lowest BCUT2D eigenvalue weighted by molar-refractivity contribution is 0.446. The van der Waals surface area contributed by atoms with Gasteiger partial charge in [0.15, 0.2) is 0 Å². The molecule has 0 radical (unpaired) electrons. The van der Waals surface area contributed by atoms with E-state index in [1.54, 1.807) is 0 Å². The van der Waals surface area contributed by atoms with Crippen LogP contribution in [-0.2, 0) is 0 Å². The molecule has 1 aromatic rings. The van der Waals surface area contributed by atoms with Crippen LogP contribution in [0.15, 0.2) is 0 Å². The third kappa shape index (κ3) is 1.38. The minimum atomic E-state index is 0.687. The van der Waals surface area contributed by atoms with E-state index in [0.29, 0.717) is 12.0 Å². The van der Waals surface area contributed by atoms with E-state index in [2.05, 4.69) is 9.69 Å². The number of nitrogens with zero attached hydrogens (tertiary/aromatic N) is 1. The summed E-state index contributed by atoms with van der Waals surface area (Å²) in [5, 5.41) is 4.81. The van der Waals surface area contributed by atoms with Crippen molar-refractivity contribution in [1.29, 1.82) is 0 Å². The van der Waals surface area contributed by atoms with E-state index in [1.165, 1.54) is 54.2 Å². The van der Waals surface area contributed by atoms with Gasteiger partial charge in [0.1, 0.15) is 10.8 Å². The Morgan fingerprint density at radius 2 is 2.07 bits per heavy atom. The molecule has 3 nitrogen and oxygen atoms in total. The van der Waals surface area contributed by atoms with Crippen LogP contribution in [0.5, 0.6) is 0 Å². The Balaban J connectivity index is 1.81. The Morgan fingerprint density at radius 3 is 2.64 bits per heavy atom. The molecule has 3 N–H and O–H groups in total. The summed E-state index contributed by atoms with van der Waals surface area (Å²) in [4.78, 5) is 0. The first-order valence-corrected chi connectivity index (χ1v) is 6.13. The largest absolute Gasteiger partial charge is 0.383 e. The zero-order valence-corrected chi connectivity index (χ0v) is 8.94. The molecule has 2 aliphatic rings. The SMILES string of the molecule is Nc1nsc(NC2CCC2)c1C1CC1. The van der Waals surface area contributed by atoms with Crippen molar-refractivity contribution >= 4 is 22.4 Å². The molecule has 1 heterocycles. The van der Waals surface area contributed by atoms with Crippen LogP contribution in [0.4, 0.5) is 10.8 Å². The highest BCUT2D eigenvalue weighted by Crippen LogP contribution is 2.48. The fourth-order valence-corrected chi connectivity index (χ4v) is 2.80. The Morgan fingerprint density at radius 1 is 1.29 bits per heavy atom. The van der Waals surface area contributed by atoms with Gasteiger partial charge in [-0.15, -0.1) is 0 Å². The average molecular weight is 209 g/mol. The van der Waals surface area contributed by atoms with Crippen molar-refractivity contribution in [2.45, 2.75) is 44.1 Å². The van der Waals surface area contributed by atoms with Gasteiger partial charge in [0.2, 0.25) is 0 Å². The van der Waals surface area contributed by atoms with Crippen LogP contribution < -0.4 is 11.1 Å². The monoisotopic (exact) mass is 209 g/mol. The van der Waals surface area contributed by atoms with E-state index < -0.39 is 0 Å². The van der Waals surface area contributed by atoms with Crippen molar-refractivity contribution in [3.05, 3.63) is 5.56 Å². The van der Waals surface area contributed by atoms with Gasteiger partial charge in [0.05, 0.1) is 0 Å². The average Bonchev–Trinajstić information content (AvgIpc) is 2.85. The normalized spacial score (nSPS) is 22.0. The Labute approximate surface area is 87.9 Å². The number of hydrogen-bond acceptors (Lipinski definition) is 4. The van der Waals surface area contributed by atoms with Crippen LogP contribution in [-0.4, -0.2) is 10.4 Å². The minimum absolute atomic E-state index is 0.687.